The summed E-state index contributed by atoms with van der Waals surface area (Å²) in [5, 5.41) is 1.33. The zero-order valence-corrected chi connectivity index (χ0v) is 13.2. The molecule has 0 saturated carbocycles. The first-order valence-electron chi connectivity index (χ1n) is 7.43. The Morgan fingerprint density at radius 2 is 2.00 bits per heavy atom. The zero-order chi connectivity index (χ0) is 16.3. The molecule has 2 aromatic rings. The van der Waals surface area contributed by atoms with Gasteiger partial charge in [-0.15, -0.1) is 0 Å². The Hall–Kier alpha value is -2.30. The first kappa shape index (κ1) is 16.1. The van der Waals surface area contributed by atoms with Gasteiger partial charge in [-0.3, -0.25) is 9.59 Å². The number of carbonyl (C=O) groups is 1. The van der Waals surface area contributed by atoms with Crippen molar-refractivity contribution in [1.82, 2.24) is 4.57 Å². The van der Waals surface area contributed by atoms with Gasteiger partial charge in [-0.2, -0.15) is 0 Å². The third kappa shape index (κ3) is 3.47. The van der Waals surface area contributed by atoms with Crippen molar-refractivity contribution in [2.24, 2.45) is 5.92 Å². The van der Waals surface area contributed by atoms with E-state index >= 15 is 0 Å². The monoisotopic (exact) mass is 302 g/mol. The number of ether oxygens (including phenoxy) is 1. The van der Waals surface area contributed by atoms with Gasteiger partial charge in [0, 0.05) is 29.6 Å². The lowest BCUT2D eigenvalue weighted by atomic mass is 10.0. The van der Waals surface area contributed by atoms with Crippen LogP contribution in [0.1, 0.15) is 33.2 Å². The van der Waals surface area contributed by atoms with Crippen molar-refractivity contribution in [3.05, 3.63) is 40.8 Å². The topological polar surface area (TPSA) is 74.3 Å². The lowest BCUT2D eigenvalue weighted by molar-refractivity contribution is -0.142. The number of hydrogen-bond acceptors (Lipinski definition) is 4. The van der Waals surface area contributed by atoms with E-state index in [2.05, 4.69) is 13.8 Å². The van der Waals surface area contributed by atoms with E-state index in [9.17, 15) is 9.59 Å². The summed E-state index contributed by atoms with van der Waals surface area (Å²) in [5.74, 6) is 0.0378. The normalized spacial score (nSPS) is 12.5. The van der Waals surface area contributed by atoms with Crippen molar-refractivity contribution in [1.29, 1.82) is 0 Å². The first-order chi connectivity index (χ1) is 10.4. The van der Waals surface area contributed by atoms with E-state index in [0.717, 1.165) is 11.8 Å². The van der Waals surface area contributed by atoms with Crippen molar-refractivity contribution in [2.45, 2.75) is 33.2 Å². The molecule has 2 rings (SSSR count). The molecule has 0 saturated heterocycles. The Morgan fingerprint density at radius 1 is 1.27 bits per heavy atom. The number of nitrogens with zero attached hydrogens (tertiary/aromatic N) is 1. The predicted octanol–water partition coefficient (Wildman–Crippen LogP) is 2.73. The maximum absolute atomic E-state index is 12.7. The van der Waals surface area contributed by atoms with E-state index in [1.54, 1.807) is 29.0 Å². The summed E-state index contributed by atoms with van der Waals surface area (Å²) in [6.45, 7) is 5.72. The molecule has 0 radical (unpaired) electrons. The third-order valence-electron chi connectivity index (χ3n) is 3.62. The molecule has 1 aromatic carbocycles. The van der Waals surface area contributed by atoms with Crippen LogP contribution in [-0.2, 0) is 9.53 Å². The Morgan fingerprint density at radius 3 is 2.64 bits per heavy atom. The smallest absolute Gasteiger partial charge is 0.302 e. The molecule has 1 aromatic heterocycles. The highest BCUT2D eigenvalue weighted by Gasteiger charge is 2.17. The van der Waals surface area contributed by atoms with Gasteiger partial charge in [0.2, 0.25) is 0 Å². The van der Waals surface area contributed by atoms with Gasteiger partial charge >= 0.3 is 5.97 Å². The van der Waals surface area contributed by atoms with Crippen LogP contribution in [0.15, 0.2) is 35.3 Å². The number of anilines is 1. The predicted molar refractivity (Wildman–Crippen MR) is 87.7 cm³/mol. The number of pyridine rings is 1. The molecule has 0 fully saturated rings. The second-order valence-electron chi connectivity index (χ2n) is 5.92. The molecule has 0 spiro atoms. The van der Waals surface area contributed by atoms with Gasteiger partial charge in [-0.05, 0) is 30.5 Å². The Labute approximate surface area is 129 Å². The molecular formula is C17H22N2O3. The fourth-order valence-electron chi connectivity index (χ4n) is 2.62. The molecule has 0 bridgehead atoms. The lowest BCUT2D eigenvalue weighted by Crippen LogP contribution is -2.29. The number of nitrogens with two attached hydrogens (primary N) is 1. The summed E-state index contributed by atoms with van der Waals surface area (Å²) in [5.41, 5.74) is 6.39. The second kappa shape index (κ2) is 6.64. The summed E-state index contributed by atoms with van der Waals surface area (Å²) in [6.07, 6.45) is 2.48. The van der Waals surface area contributed by atoms with Crippen molar-refractivity contribution in [2.75, 3.05) is 12.3 Å². The van der Waals surface area contributed by atoms with Crippen molar-refractivity contribution in [3.63, 3.8) is 0 Å². The highest BCUT2D eigenvalue weighted by Crippen LogP contribution is 2.21. The van der Waals surface area contributed by atoms with Crippen LogP contribution in [0.3, 0.4) is 0 Å². The highest BCUT2D eigenvalue weighted by molar-refractivity contribution is 5.91. The number of benzene rings is 1. The van der Waals surface area contributed by atoms with Gasteiger partial charge in [-0.25, -0.2) is 0 Å². The van der Waals surface area contributed by atoms with E-state index in [-0.39, 0.29) is 24.2 Å². The molecule has 2 N–H and O–H groups in total. The van der Waals surface area contributed by atoms with Gasteiger partial charge in [0.15, 0.2) is 0 Å². The number of carbonyl (C=O) groups excluding carboxylic acids is 1. The summed E-state index contributed by atoms with van der Waals surface area (Å²) in [4.78, 5) is 23.8. The van der Waals surface area contributed by atoms with Crippen LogP contribution in [0.25, 0.3) is 10.8 Å². The number of fused-ring (bicyclic) bond motifs is 1. The second-order valence-corrected chi connectivity index (χ2v) is 5.92. The zero-order valence-electron chi connectivity index (χ0n) is 13.2. The molecule has 5 nitrogen and oxygen atoms in total. The minimum absolute atomic E-state index is 0.109. The van der Waals surface area contributed by atoms with Gasteiger partial charge in [0.1, 0.15) is 6.61 Å². The van der Waals surface area contributed by atoms with Crippen LogP contribution < -0.4 is 11.3 Å². The van der Waals surface area contributed by atoms with Crippen molar-refractivity contribution in [3.8, 4) is 0 Å². The number of hydrogen-bond donors (Lipinski definition) is 1. The average molecular weight is 302 g/mol. The quantitative estimate of drug-likeness (QED) is 0.680. The van der Waals surface area contributed by atoms with Crippen LogP contribution in [0.4, 0.5) is 5.69 Å². The summed E-state index contributed by atoms with van der Waals surface area (Å²) >= 11 is 0. The molecule has 1 atom stereocenters. The molecule has 22 heavy (non-hydrogen) atoms. The Kier molecular flexibility index (Phi) is 4.85. The highest BCUT2D eigenvalue weighted by atomic mass is 16.5. The molecule has 118 valence electrons. The van der Waals surface area contributed by atoms with Gasteiger partial charge in [0.25, 0.3) is 5.56 Å². The number of aromatic nitrogens is 1. The maximum atomic E-state index is 12.7. The Balaban J connectivity index is 2.46. The molecule has 0 aliphatic heterocycles. The van der Waals surface area contributed by atoms with Crippen LogP contribution in [0.5, 0.6) is 0 Å². The fourth-order valence-corrected chi connectivity index (χ4v) is 2.62. The minimum atomic E-state index is -0.341. The minimum Gasteiger partial charge on any atom is -0.464 e. The average Bonchev–Trinajstić information content (AvgIpc) is 2.44. The molecule has 1 heterocycles. The Bertz CT molecular complexity index is 734. The first-order valence-corrected chi connectivity index (χ1v) is 7.43. The summed E-state index contributed by atoms with van der Waals surface area (Å²) in [6, 6.07) is 6.97. The van der Waals surface area contributed by atoms with Crippen molar-refractivity contribution >= 4 is 22.4 Å². The van der Waals surface area contributed by atoms with E-state index in [1.807, 2.05) is 6.07 Å². The maximum Gasteiger partial charge on any atom is 0.302 e. The molecule has 5 heteroatoms. The third-order valence-corrected chi connectivity index (χ3v) is 3.62. The fraction of sp³-hybridized carbons (Fsp3) is 0.412. The SMILES string of the molecule is CC(=O)OCC(CC(C)C)n1ccc2c(N)cccc2c1=O. The molecular weight excluding hydrogens is 280 g/mol. The molecule has 0 aliphatic carbocycles. The van der Waals surface area contributed by atoms with E-state index in [4.69, 9.17) is 10.5 Å². The van der Waals surface area contributed by atoms with Crippen LogP contribution >= 0.6 is 0 Å². The number of rotatable bonds is 5. The van der Waals surface area contributed by atoms with Gasteiger partial charge in [-0.1, -0.05) is 19.9 Å². The number of esters is 1. The molecule has 1 unspecified atom stereocenters. The summed E-state index contributed by atoms with van der Waals surface area (Å²) < 4.78 is 6.77. The van der Waals surface area contributed by atoms with Gasteiger partial charge < -0.3 is 15.0 Å². The van der Waals surface area contributed by atoms with E-state index in [1.165, 1.54) is 6.92 Å². The molecule has 0 amide bonds. The summed E-state index contributed by atoms with van der Waals surface area (Å²) in [7, 11) is 0. The van der Waals surface area contributed by atoms with E-state index in [0.29, 0.717) is 17.0 Å². The van der Waals surface area contributed by atoms with Crippen LogP contribution in [0.2, 0.25) is 0 Å². The van der Waals surface area contributed by atoms with Crippen molar-refractivity contribution < 1.29 is 9.53 Å². The van der Waals surface area contributed by atoms with Gasteiger partial charge in [0.05, 0.1) is 6.04 Å². The standard InChI is InChI=1S/C17H22N2O3/c1-11(2)9-13(10-22-12(3)20)19-8-7-14-15(17(19)21)5-4-6-16(14)18/h4-8,11,13H,9-10,18H2,1-3H3. The lowest BCUT2D eigenvalue weighted by Gasteiger charge is -2.22. The number of nitrogen functional groups attached to an aromatic ring is 1. The largest absolute Gasteiger partial charge is 0.464 e. The van der Waals surface area contributed by atoms with Crippen LogP contribution in [0, 0.1) is 5.92 Å². The molecule has 0 aliphatic rings. The van der Waals surface area contributed by atoms with Crippen LogP contribution in [-0.4, -0.2) is 17.1 Å². The van der Waals surface area contributed by atoms with E-state index < -0.39 is 0 Å².